The van der Waals surface area contributed by atoms with E-state index in [1.165, 1.54) is 0 Å². The number of halogens is 2. The summed E-state index contributed by atoms with van der Waals surface area (Å²) in [7, 11) is 0. The zero-order chi connectivity index (χ0) is 13.9. The molecular weight excluding hydrogens is 291 g/mol. The van der Waals surface area contributed by atoms with Crippen LogP contribution in [0.25, 0.3) is 10.8 Å². The van der Waals surface area contributed by atoms with Gasteiger partial charge in [0, 0.05) is 31.6 Å². The van der Waals surface area contributed by atoms with Crippen LogP contribution in [0, 0.1) is 0 Å². The van der Waals surface area contributed by atoms with Crippen LogP contribution < -0.4 is 5.32 Å². The van der Waals surface area contributed by atoms with Crippen molar-refractivity contribution in [2.75, 3.05) is 32.9 Å². The van der Waals surface area contributed by atoms with Gasteiger partial charge < -0.3 is 10.4 Å². The van der Waals surface area contributed by atoms with E-state index in [0.29, 0.717) is 0 Å². The van der Waals surface area contributed by atoms with Gasteiger partial charge in [-0.15, -0.1) is 12.4 Å². The summed E-state index contributed by atoms with van der Waals surface area (Å²) in [5.74, 6) is 0.252. The first-order valence-electron chi connectivity index (χ1n) is 7.02. The molecule has 0 spiro atoms. The maximum Gasteiger partial charge on any atom is 0.123 e. The Bertz CT molecular complexity index is 602. The van der Waals surface area contributed by atoms with Gasteiger partial charge >= 0.3 is 0 Å². The van der Waals surface area contributed by atoms with Gasteiger partial charge in [0.15, 0.2) is 0 Å². The van der Waals surface area contributed by atoms with Crippen LogP contribution >= 0.6 is 12.4 Å². The minimum Gasteiger partial charge on any atom is -0.507 e. The molecule has 0 amide bonds. The van der Waals surface area contributed by atoms with Gasteiger partial charge in [0.1, 0.15) is 12.4 Å². The molecule has 114 valence electrons. The first-order chi connectivity index (χ1) is 9.81. The summed E-state index contributed by atoms with van der Waals surface area (Å²) in [5, 5.41) is 15.0. The summed E-state index contributed by atoms with van der Waals surface area (Å²) in [4.78, 5) is 2.18. The zero-order valence-electron chi connectivity index (χ0n) is 11.8. The average molecular weight is 311 g/mol. The third-order valence-corrected chi connectivity index (χ3v) is 4.03. The number of hydrogen-bond donors (Lipinski definition) is 2. The molecule has 1 atom stereocenters. The van der Waals surface area contributed by atoms with Crippen molar-refractivity contribution in [2.24, 2.45) is 0 Å². The topological polar surface area (TPSA) is 35.5 Å². The van der Waals surface area contributed by atoms with E-state index in [4.69, 9.17) is 0 Å². The van der Waals surface area contributed by atoms with Crippen molar-refractivity contribution in [2.45, 2.75) is 6.04 Å². The largest absolute Gasteiger partial charge is 0.507 e. The van der Waals surface area contributed by atoms with E-state index in [9.17, 15) is 9.50 Å². The van der Waals surface area contributed by atoms with Crippen molar-refractivity contribution in [1.82, 2.24) is 10.2 Å². The maximum atomic E-state index is 13.6. The Balaban J connectivity index is 0.00000161. The van der Waals surface area contributed by atoms with Crippen molar-refractivity contribution in [3.05, 3.63) is 42.0 Å². The van der Waals surface area contributed by atoms with Gasteiger partial charge in [-0.2, -0.15) is 0 Å². The molecule has 0 aromatic heterocycles. The molecule has 0 unspecified atom stereocenters. The molecule has 0 saturated carbocycles. The van der Waals surface area contributed by atoms with Crippen LogP contribution in [-0.4, -0.2) is 42.9 Å². The number of benzene rings is 2. The molecule has 1 saturated heterocycles. The molecule has 0 aliphatic carbocycles. The normalized spacial score (nSPS) is 17.4. The van der Waals surface area contributed by atoms with Gasteiger partial charge in [0.05, 0.1) is 6.04 Å². The number of rotatable bonds is 3. The number of phenols is 1. The molecule has 2 aromatic rings. The third-order valence-electron chi connectivity index (χ3n) is 4.03. The summed E-state index contributed by atoms with van der Waals surface area (Å²) in [5.41, 5.74) is 0.961. The molecule has 1 heterocycles. The minimum absolute atomic E-state index is 0. The fourth-order valence-electron chi connectivity index (χ4n) is 2.97. The smallest absolute Gasteiger partial charge is 0.123 e. The summed E-state index contributed by atoms with van der Waals surface area (Å²) < 4.78 is 13.6. The molecule has 3 rings (SSSR count). The second kappa shape index (κ2) is 7.07. The van der Waals surface area contributed by atoms with E-state index < -0.39 is 6.67 Å². The lowest BCUT2D eigenvalue weighted by molar-refractivity contribution is 0.148. The van der Waals surface area contributed by atoms with Crippen LogP contribution in [0.3, 0.4) is 0 Å². The number of piperazine rings is 1. The fraction of sp³-hybridized carbons (Fsp3) is 0.375. The van der Waals surface area contributed by atoms with Gasteiger partial charge in [-0.05, 0) is 17.0 Å². The number of alkyl halides is 1. The predicted molar refractivity (Wildman–Crippen MR) is 86.0 cm³/mol. The maximum absolute atomic E-state index is 13.6. The van der Waals surface area contributed by atoms with Crippen LogP contribution in [-0.2, 0) is 0 Å². The average Bonchev–Trinajstić information content (AvgIpc) is 2.52. The summed E-state index contributed by atoms with van der Waals surface area (Å²) in [6, 6.07) is 10.9. The van der Waals surface area contributed by atoms with Gasteiger partial charge in [-0.1, -0.05) is 30.3 Å². The lowest BCUT2D eigenvalue weighted by atomic mass is 9.97. The van der Waals surface area contributed by atoms with Gasteiger partial charge in [-0.3, -0.25) is 4.90 Å². The Hall–Kier alpha value is -1.36. The monoisotopic (exact) mass is 310 g/mol. The lowest BCUT2D eigenvalue weighted by Crippen LogP contribution is -2.45. The first kappa shape index (κ1) is 16.0. The van der Waals surface area contributed by atoms with E-state index in [-0.39, 0.29) is 24.2 Å². The van der Waals surface area contributed by atoms with E-state index in [0.717, 1.165) is 42.5 Å². The van der Waals surface area contributed by atoms with Crippen LogP contribution in [0.4, 0.5) is 4.39 Å². The molecular formula is C16H20ClFN2O. The van der Waals surface area contributed by atoms with Crippen molar-refractivity contribution < 1.29 is 9.50 Å². The van der Waals surface area contributed by atoms with E-state index >= 15 is 0 Å². The molecule has 1 aliphatic rings. The molecule has 3 nitrogen and oxygen atoms in total. The number of hydrogen-bond acceptors (Lipinski definition) is 3. The Morgan fingerprint density at radius 2 is 1.76 bits per heavy atom. The summed E-state index contributed by atoms with van der Waals surface area (Å²) >= 11 is 0. The van der Waals surface area contributed by atoms with Gasteiger partial charge in [0.2, 0.25) is 0 Å². The van der Waals surface area contributed by atoms with Crippen molar-refractivity contribution in [3.8, 4) is 5.75 Å². The highest BCUT2D eigenvalue weighted by Crippen LogP contribution is 2.33. The Kier molecular flexibility index (Phi) is 5.39. The second-order valence-corrected chi connectivity index (χ2v) is 5.18. The predicted octanol–water partition coefficient (Wildman–Crippen LogP) is 2.88. The summed E-state index contributed by atoms with van der Waals surface area (Å²) in [6.45, 7) is 3.08. The van der Waals surface area contributed by atoms with Crippen LogP contribution in [0.1, 0.15) is 11.6 Å². The van der Waals surface area contributed by atoms with Crippen LogP contribution in [0.2, 0.25) is 0 Å². The Labute approximate surface area is 130 Å². The molecule has 5 heteroatoms. The quantitative estimate of drug-likeness (QED) is 0.915. The van der Waals surface area contributed by atoms with Gasteiger partial charge in [-0.25, -0.2) is 4.39 Å². The van der Waals surface area contributed by atoms with Crippen molar-refractivity contribution in [3.63, 3.8) is 0 Å². The highest BCUT2D eigenvalue weighted by molar-refractivity contribution is 5.91. The first-order valence-corrected chi connectivity index (χ1v) is 7.02. The Morgan fingerprint density at radius 1 is 1.10 bits per heavy atom. The van der Waals surface area contributed by atoms with E-state index in [1.807, 2.05) is 30.3 Å². The van der Waals surface area contributed by atoms with Crippen LogP contribution in [0.15, 0.2) is 36.4 Å². The zero-order valence-corrected chi connectivity index (χ0v) is 12.6. The van der Waals surface area contributed by atoms with E-state index in [1.54, 1.807) is 6.07 Å². The van der Waals surface area contributed by atoms with Gasteiger partial charge in [0.25, 0.3) is 0 Å². The Morgan fingerprint density at radius 3 is 2.43 bits per heavy atom. The molecule has 2 N–H and O–H groups in total. The summed E-state index contributed by atoms with van der Waals surface area (Å²) in [6.07, 6.45) is 0. The number of fused-ring (bicyclic) bond motifs is 1. The molecule has 0 bridgehead atoms. The number of phenolic OH excluding ortho intramolecular Hbond substituents is 1. The molecule has 0 radical (unpaired) electrons. The van der Waals surface area contributed by atoms with Crippen molar-refractivity contribution in [1.29, 1.82) is 0 Å². The second-order valence-electron chi connectivity index (χ2n) is 5.18. The minimum atomic E-state index is -0.408. The van der Waals surface area contributed by atoms with Crippen LogP contribution in [0.5, 0.6) is 5.75 Å². The highest BCUT2D eigenvalue weighted by atomic mass is 35.5. The standard InChI is InChI=1S/C16H19FN2O.ClH/c17-11-15(19-9-7-18-8-10-19)13-5-6-16(20)14-4-2-1-3-12(13)14;/h1-6,15,18,20H,7-11H2;1H/t15-;/m1./s1. The molecule has 21 heavy (non-hydrogen) atoms. The third kappa shape index (κ3) is 3.12. The number of aromatic hydroxyl groups is 1. The SMILES string of the molecule is Cl.Oc1ccc([C@@H](CF)N2CCNCC2)c2ccccc12. The molecule has 2 aromatic carbocycles. The fourth-order valence-corrected chi connectivity index (χ4v) is 2.97. The van der Waals surface area contributed by atoms with Crippen molar-refractivity contribution >= 4 is 23.2 Å². The highest BCUT2D eigenvalue weighted by Gasteiger charge is 2.24. The number of nitrogens with zero attached hydrogens (tertiary/aromatic N) is 1. The van der Waals surface area contributed by atoms with E-state index in [2.05, 4.69) is 10.2 Å². The molecule has 1 aliphatic heterocycles. The molecule has 1 fully saturated rings. The number of nitrogens with one attached hydrogen (secondary N) is 1. The lowest BCUT2D eigenvalue weighted by Gasteiger charge is -2.34.